The van der Waals surface area contributed by atoms with Crippen molar-refractivity contribution in [2.24, 2.45) is 0 Å². The molecule has 3 aromatic carbocycles. The zero-order valence-electron chi connectivity index (χ0n) is 14.7. The fourth-order valence-electron chi connectivity index (χ4n) is 3.36. The summed E-state index contributed by atoms with van der Waals surface area (Å²) in [5.41, 5.74) is 5.07. The molecular weight excluding hydrogens is 392 g/mol. The van der Waals surface area contributed by atoms with E-state index >= 15 is 0 Å². The molecule has 4 nitrogen and oxygen atoms in total. The van der Waals surface area contributed by atoms with Crippen molar-refractivity contribution in [3.63, 3.8) is 0 Å². The minimum absolute atomic E-state index is 0.137. The van der Waals surface area contributed by atoms with Gasteiger partial charge >= 0.3 is 0 Å². The van der Waals surface area contributed by atoms with E-state index in [-0.39, 0.29) is 11.9 Å². The highest BCUT2D eigenvalue weighted by atomic mass is 35.5. The number of thioether (sulfide) groups is 1. The minimum Gasteiger partial charge on any atom is -0.484 e. The first-order chi connectivity index (χ1) is 13.8. The lowest BCUT2D eigenvalue weighted by molar-refractivity contribution is 0.252. The van der Waals surface area contributed by atoms with Crippen LogP contribution >= 0.6 is 23.4 Å². The zero-order chi connectivity index (χ0) is 18.9. The van der Waals surface area contributed by atoms with Gasteiger partial charge in [-0.1, -0.05) is 71.9 Å². The summed E-state index contributed by atoms with van der Waals surface area (Å²) in [4.78, 5) is 0. The molecule has 0 atom stereocenters. The van der Waals surface area contributed by atoms with Crippen LogP contribution in [0.1, 0.15) is 22.3 Å². The van der Waals surface area contributed by atoms with Crippen molar-refractivity contribution < 1.29 is 9.15 Å². The van der Waals surface area contributed by atoms with Gasteiger partial charge in [0.25, 0.3) is 11.1 Å². The van der Waals surface area contributed by atoms with Gasteiger partial charge in [-0.25, -0.2) is 0 Å². The smallest absolute Gasteiger partial charge is 0.277 e. The van der Waals surface area contributed by atoms with E-state index in [0.717, 1.165) is 0 Å². The molecule has 1 aliphatic carbocycles. The highest BCUT2D eigenvalue weighted by molar-refractivity contribution is 7.99. The van der Waals surface area contributed by atoms with Gasteiger partial charge in [0.05, 0.1) is 5.25 Å². The van der Waals surface area contributed by atoms with E-state index in [1.165, 1.54) is 22.3 Å². The van der Waals surface area contributed by atoms with Gasteiger partial charge in [-0.15, -0.1) is 10.2 Å². The van der Waals surface area contributed by atoms with Crippen molar-refractivity contribution in [2.45, 2.75) is 17.1 Å². The Kier molecular flexibility index (Phi) is 4.55. The lowest BCUT2D eigenvalue weighted by Crippen LogP contribution is -1.95. The Morgan fingerprint density at radius 1 is 0.857 bits per heavy atom. The molecule has 0 fully saturated rings. The third-order valence-electron chi connectivity index (χ3n) is 4.62. The predicted octanol–water partition coefficient (Wildman–Crippen LogP) is 6.16. The Labute approximate surface area is 171 Å². The maximum atomic E-state index is 5.89. The topological polar surface area (TPSA) is 48.2 Å². The van der Waals surface area contributed by atoms with Crippen LogP contribution in [-0.2, 0) is 6.61 Å². The number of rotatable bonds is 5. The molecule has 5 rings (SSSR count). The molecule has 0 bridgehead atoms. The van der Waals surface area contributed by atoms with Gasteiger partial charge in [-0.2, -0.15) is 0 Å². The third-order valence-corrected chi connectivity index (χ3v) is 5.98. The summed E-state index contributed by atoms with van der Waals surface area (Å²) in [6.45, 7) is 0.215. The molecule has 0 saturated heterocycles. The van der Waals surface area contributed by atoms with Gasteiger partial charge in [0.2, 0.25) is 0 Å². The molecule has 0 spiro atoms. The SMILES string of the molecule is Clc1ccc(OCc2nnc(SC3c4ccccc4-c4ccccc43)o2)cc1. The molecule has 0 N–H and O–H groups in total. The van der Waals surface area contributed by atoms with Crippen LogP contribution in [-0.4, -0.2) is 10.2 Å². The standard InChI is InChI=1S/C22H15ClN2O2S/c23-14-9-11-15(12-10-14)26-13-20-24-25-22(27-20)28-21-18-7-3-1-5-16(18)17-6-2-4-8-19(17)21/h1-12,21H,13H2. The summed E-state index contributed by atoms with van der Waals surface area (Å²) in [6, 6.07) is 24.1. The maximum absolute atomic E-state index is 5.89. The van der Waals surface area contributed by atoms with Gasteiger partial charge in [0, 0.05) is 5.02 Å². The van der Waals surface area contributed by atoms with Crippen molar-refractivity contribution in [3.05, 3.63) is 94.8 Å². The summed E-state index contributed by atoms with van der Waals surface area (Å²) in [5, 5.41) is 9.65. The average molecular weight is 407 g/mol. The zero-order valence-corrected chi connectivity index (χ0v) is 16.3. The number of benzene rings is 3. The van der Waals surface area contributed by atoms with Crippen molar-refractivity contribution in [3.8, 4) is 16.9 Å². The van der Waals surface area contributed by atoms with E-state index in [1.54, 1.807) is 36.0 Å². The molecule has 0 amide bonds. The Morgan fingerprint density at radius 2 is 1.50 bits per heavy atom. The van der Waals surface area contributed by atoms with Crippen molar-refractivity contribution in [1.82, 2.24) is 10.2 Å². The molecule has 4 aromatic rings. The molecule has 0 radical (unpaired) electrons. The predicted molar refractivity (Wildman–Crippen MR) is 110 cm³/mol. The van der Waals surface area contributed by atoms with Crippen LogP contribution in [0.2, 0.25) is 5.02 Å². The first-order valence-corrected chi connectivity index (χ1v) is 10.1. The lowest BCUT2D eigenvalue weighted by Gasteiger charge is -2.10. The number of hydrogen-bond acceptors (Lipinski definition) is 5. The quantitative estimate of drug-likeness (QED) is 0.397. The molecule has 138 valence electrons. The van der Waals surface area contributed by atoms with Crippen LogP contribution in [0.5, 0.6) is 5.75 Å². The number of nitrogens with zero attached hydrogens (tertiary/aromatic N) is 2. The number of fused-ring (bicyclic) bond motifs is 3. The molecule has 1 aromatic heterocycles. The molecule has 1 heterocycles. The molecule has 0 unspecified atom stereocenters. The molecule has 1 aliphatic rings. The maximum Gasteiger partial charge on any atom is 0.277 e. The van der Waals surface area contributed by atoms with Gasteiger partial charge in [0.1, 0.15) is 5.75 Å². The highest BCUT2D eigenvalue weighted by Crippen LogP contribution is 2.51. The van der Waals surface area contributed by atoms with Gasteiger partial charge in [-0.3, -0.25) is 0 Å². The molecular formula is C22H15ClN2O2S. The normalized spacial score (nSPS) is 12.6. The Bertz CT molecular complexity index is 1080. The minimum atomic E-state index is 0.137. The summed E-state index contributed by atoms with van der Waals surface area (Å²) in [6.07, 6.45) is 0. The number of hydrogen-bond donors (Lipinski definition) is 0. The molecule has 6 heteroatoms. The van der Waals surface area contributed by atoms with Crippen LogP contribution < -0.4 is 4.74 Å². The second-order valence-corrected chi connectivity index (χ2v) is 7.87. The first-order valence-electron chi connectivity index (χ1n) is 8.83. The Hall–Kier alpha value is -2.76. The van der Waals surface area contributed by atoms with E-state index in [1.807, 2.05) is 0 Å². The molecule has 0 saturated carbocycles. The van der Waals surface area contributed by atoms with Crippen molar-refractivity contribution in [2.75, 3.05) is 0 Å². The van der Waals surface area contributed by atoms with Crippen LogP contribution in [0.15, 0.2) is 82.4 Å². The van der Waals surface area contributed by atoms with Crippen LogP contribution in [0.3, 0.4) is 0 Å². The fraction of sp³-hybridized carbons (Fsp3) is 0.0909. The second-order valence-electron chi connectivity index (χ2n) is 6.38. The average Bonchev–Trinajstić information content (AvgIpc) is 3.31. The van der Waals surface area contributed by atoms with E-state index in [0.29, 0.717) is 21.9 Å². The fourth-order valence-corrected chi connectivity index (χ4v) is 4.58. The number of ether oxygens (including phenoxy) is 1. The van der Waals surface area contributed by atoms with Crippen molar-refractivity contribution in [1.29, 1.82) is 0 Å². The largest absolute Gasteiger partial charge is 0.484 e. The Balaban J connectivity index is 1.34. The van der Waals surface area contributed by atoms with Crippen LogP contribution in [0.4, 0.5) is 0 Å². The van der Waals surface area contributed by atoms with Crippen molar-refractivity contribution >= 4 is 23.4 Å². The van der Waals surface area contributed by atoms with E-state index in [9.17, 15) is 0 Å². The van der Waals surface area contributed by atoms with Gasteiger partial charge < -0.3 is 9.15 Å². The van der Waals surface area contributed by atoms with E-state index in [2.05, 4.69) is 58.7 Å². The summed E-state index contributed by atoms with van der Waals surface area (Å²) in [5.74, 6) is 1.15. The number of aromatic nitrogens is 2. The third kappa shape index (κ3) is 3.28. The number of halogens is 1. The molecule has 0 aliphatic heterocycles. The monoisotopic (exact) mass is 406 g/mol. The lowest BCUT2D eigenvalue weighted by atomic mass is 10.1. The van der Waals surface area contributed by atoms with Crippen LogP contribution in [0.25, 0.3) is 11.1 Å². The van der Waals surface area contributed by atoms with Crippen LogP contribution in [0, 0.1) is 0 Å². The summed E-state index contributed by atoms with van der Waals surface area (Å²) >= 11 is 7.45. The first kappa shape index (κ1) is 17.3. The van der Waals surface area contributed by atoms with E-state index < -0.39 is 0 Å². The highest BCUT2D eigenvalue weighted by Gasteiger charge is 2.30. The summed E-state index contributed by atoms with van der Waals surface area (Å²) < 4.78 is 11.5. The Morgan fingerprint density at radius 3 is 2.18 bits per heavy atom. The van der Waals surface area contributed by atoms with Gasteiger partial charge in [-0.05, 0) is 46.5 Å². The van der Waals surface area contributed by atoms with E-state index in [4.69, 9.17) is 20.8 Å². The molecule has 28 heavy (non-hydrogen) atoms. The second kappa shape index (κ2) is 7.34. The van der Waals surface area contributed by atoms with Gasteiger partial charge in [0.15, 0.2) is 6.61 Å². The summed E-state index contributed by atoms with van der Waals surface area (Å²) in [7, 11) is 0.